The van der Waals surface area contributed by atoms with Crippen molar-refractivity contribution in [2.75, 3.05) is 19.8 Å². The molecule has 1 fully saturated rings. The van der Waals surface area contributed by atoms with Crippen LogP contribution in [0.1, 0.15) is 28.4 Å². The molecule has 1 saturated heterocycles. The van der Waals surface area contributed by atoms with Gasteiger partial charge in [0.05, 0.1) is 17.7 Å². The van der Waals surface area contributed by atoms with Crippen LogP contribution < -0.4 is 9.47 Å². The third-order valence-corrected chi connectivity index (χ3v) is 4.57. The molecule has 0 radical (unpaired) electrons. The van der Waals surface area contributed by atoms with E-state index in [0.29, 0.717) is 42.3 Å². The number of halogens is 1. The van der Waals surface area contributed by atoms with Crippen molar-refractivity contribution < 1.29 is 23.8 Å². The highest BCUT2D eigenvalue weighted by atomic mass is 19.1. The van der Waals surface area contributed by atoms with Crippen molar-refractivity contribution in [3.63, 3.8) is 0 Å². The molecule has 2 aliphatic heterocycles. The van der Waals surface area contributed by atoms with E-state index in [1.807, 2.05) is 0 Å². The Balaban J connectivity index is 1.69. The number of carbonyl (C=O) groups excluding carboxylic acids is 1. The Hall–Kier alpha value is -2.60. The Bertz CT molecular complexity index is 810. The zero-order valence-corrected chi connectivity index (χ0v) is 13.5. The van der Waals surface area contributed by atoms with Crippen LogP contribution in [0, 0.1) is 5.82 Å². The van der Waals surface area contributed by atoms with Crippen LogP contribution in [-0.4, -0.2) is 41.8 Å². The minimum Gasteiger partial charge on any atom is -0.486 e. The molecule has 0 unspecified atom stereocenters. The molecule has 130 valence electrons. The van der Waals surface area contributed by atoms with E-state index >= 15 is 0 Å². The summed E-state index contributed by atoms with van der Waals surface area (Å²) in [7, 11) is 0. The Morgan fingerprint density at radius 3 is 2.80 bits per heavy atom. The lowest BCUT2D eigenvalue weighted by molar-refractivity contribution is 0.0705. The summed E-state index contributed by atoms with van der Waals surface area (Å²) in [5.74, 6) is 0.352. The van der Waals surface area contributed by atoms with E-state index in [1.54, 1.807) is 35.2 Å². The first-order valence-electron chi connectivity index (χ1n) is 8.26. The van der Waals surface area contributed by atoms with Crippen LogP contribution in [0.4, 0.5) is 4.39 Å². The molecule has 0 aliphatic carbocycles. The van der Waals surface area contributed by atoms with Gasteiger partial charge in [0, 0.05) is 6.54 Å². The van der Waals surface area contributed by atoms with Crippen molar-refractivity contribution in [2.24, 2.45) is 0 Å². The molecule has 2 aromatic rings. The van der Waals surface area contributed by atoms with Crippen LogP contribution in [0.3, 0.4) is 0 Å². The molecule has 2 heterocycles. The van der Waals surface area contributed by atoms with Crippen molar-refractivity contribution in [3.05, 3.63) is 59.4 Å². The van der Waals surface area contributed by atoms with Crippen LogP contribution >= 0.6 is 0 Å². The Morgan fingerprint density at radius 2 is 1.96 bits per heavy atom. The highest BCUT2D eigenvalue weighted by Crippen LogP contribution is 2.38. The predicted octanol–water partition coefficient (Wildman–Crippen LogP) is 2.55. The Kier molecular flexibility index (Phi) is 4.05. The number of para-hydroxylation sites is 1. The molecular formula is C19H18FNO4. The minimum atomic E-state index is -0.645. The van der Waals surface area contributed by atoms with Crippen molar-refractivity contribution in [1.29, 1.82) is 0 Å². The lowest BCUT2D eigenvalue weighted by atomic mass is 10.0. The average molecular weight is 343 g/mol. The fourth-order valence-corrected chi connectivity index (χ4v) is 3.46. The second-order valence-corrected chi connectivity index (χ2v) is 6.25. The summed E-state index contributed by atoms with van der Waals surface area (Å²) in [5.41, 5.74) is 1.07. The largest absolute Gasteiger partial charge is 0.486 e. The van der Waals surface area contributed by atoms with Crippen LogP contribution in [0.25, 0.3) is 0 Å². The molecular weight excluding hydrogens is 325 g/mol. The zero-order valence-electron chi connectivity index (χ0n) is 13.5. The van der Waals surface area contributed by atoms with Crippen LogP contribution in [-0.2, 0) is 0 Å². The summed E-state index contributed by atoms with van der Waals surface area (Å²) in [6, 6.07) is 11.0. The van der Waals surface area contributed by atoms with Gasteiger partial charge in [-0.25, -0.2) is 4.39 Å². The lowest BCUT2D eigenvalue weighted by Gasteiger charge is -2.27. The number of fused-ring (bicyclic) bond motifs is 1. The monoisotopic (exact) mass is 343 g/mol. The lowest BCUT2D eigenvalue weighted by Crippen LogP contribution is -2.32. The highest BCUT2D eigenvalue weighted by Gasteiger charge is 2.37. The number of aliphatic hydroxyl groups excluding tert-OH is 1. The number of nitrogens with zero attached hydrogens (tertiary/aromatic N) is 1. The molecule has 0 spiro atoms. The number of rotatable bonds is 2. The second kappa shape index (κ2) is 6.37. The molecule has 6 heteroatoms. The third-order valence-electron chi connectivity index (χ3n) is 4.57. The normalized spacial score (nSPS) is 22.1. The molecule has 4 rings (SSSR count). The maximum Gasteiger partial charge on any atom is 0.258 e. The molecule has 1 N–H and O–H groups in total. The topological polar surface area (TPSA) is 59.0 Å². The van der Waals surface area contributed by atoms with Crippen molar-refractivity contribution >= 4 is 5.91 Å². The Labute approximate surface area is 144 Å². The number of likely N-dealkylation sites (tertiary alicyclic amines) is 1. The first-order valence-corrected chi connectivity index (χ1v) is 8.26. The molecule has 0 bridgehead atoms. The summed E-state index contributed by atoms with van der Waals surface area (Å²) < 4.78 is 24.7. The number of amides is 1. The van der Waals surface area contributed by atoms with Gasteiger partial charge in [-0.15, -0.1) is 0 Å². The summed E-state index contributed by atoms with van der Waals surface area (Å²) >= 11 is 0. The number of hydrogen-bond acceptors (Lipinski definition) is 4. The molecule has 0 saturated carbocycles. The molecule has 2 atom stereocenters. The van der Waals surface area contributed by atoms with E-state index in [9.17, 15) is 14.3 Å². The number of carbonyl (C=O) groups is 1. The summed E-state index contributed by atoms with van der Waals surface area (Å²) in [4.78, 5) is 14.7. The molecule has 2 aromatic carbocycles. The molecule has 1 amide bonds. The van der Waals surface area contributed by atoms with Gasteiger partial charge in [-0.05, 0) is 36.2 Å². The van der Waals surface area contributed by atoms with Gasteiger partial charge in [-0.2, -0.15) is 0 Å². The first kappa shape index (κ1) is 15.9. The number of benzene rings is 2. The van der Waals surface area contributed by atoms with E-state index in [0.717, 1.165) is 0 Å². The zero-order chi connectivity index (χ0) is 17.4. The van der Waals surface area contributed by atoms with Crippen LogP contribution in [0.5, 0.6) is 11.5 Å². The SMILES string of the molecule is O=C(c1cccc2c1OCCO2)N1C[C@H](O)C[C@@H]1c1cccc(F)c1. The van der Waals surface area contributed by atoms with Gasteiger partial charge in [0.15, 0.2) is 11.5 Å². The standard InChI is InChI=1S/C19H18FNO4/c20-13-4-1-3-12(9-13)16-10-14(22)11-21(16)19(23)15-5-2-6-17-18(15)25-8-7-24-17/h1-6,9,14,16,22H,7-8,10-11H2/t14-,16-/m1/s1. The molecule has 5 nitrogen and oxygen atoms in total. The summed E-state index contributed by atoms with van der Waals surface area (Å²) in [5, 5.41) is 10.1. The van der Waals surface area contributed by atoms with E-state index in [1.165, 1.54) is 12.1 Å². The maximum atomic E-state index is 13.6. The molecule has 0 aromatic heterocycles. The quantitative estimate of drug-likeness (QED) is 0.910. The third kappa shape index (κ3) is 2.93. The smallest absolute Gasteiger partial charge is 0.258 e. The Morgan fingerprint density at radius 1 is 1.16 bits per heavy atom. The van der Waals surface area contributed by atoms with Crippen molar-refractivity contribution in [1.82, 2.24) is 4.90 Å². The van der Waals surface area contributed by atoms with Crippen molar-refractivity contribution in [3.8, 4) is 11.5 Å². The van der Waals surface area contributed by atoms with Gasteiger partial charge < -0.3 is 19.5 Å². The maximum absolute atomic E-state index is 13.6. The van der Waals surface area contributed by atoms with Gasteiger partial charge in [-0.3, -0.25) is 4.79 Å². The predicted molar refractivity (Wildman–Crippen MR) is 88.2 cm³/mol. The second-order valence-electron chi connectivity index (χ2n) is 6.25. The van der Waals surface area contributed by atoms with E-state index in [2.05, 4.69) is 0 Å². The van der Waals surface area contributed by atoms with Crippen LogP contribution in [0.2, 0.25) is 0 Å². The van der Waals surface area contributed by atoms with E-state index < -0.39 is 6.10 Å². The highest BCUT2D eigenvalue weighted by molar-refractivity contribution is 5.98. The van der Waals surface area contributed by atoms with Crippen LogP contribution in [0.15, 0.2) is 42.5 Å². The van der Waals surface area contributed by atoms with E-state index in [-0.39, 0.29) is 24.3 Å². The summed E-state index contributed by atoms with van der Waals surface area (Å²) in [6.07, 6.45) is -0.268. The van der Waals surface area contributed by atoms with Gasteiger partial charge in [0.25, 0.3) is 5.91 Å². The van der Waals surface area contributed by atoms with Gasteiger partial charge >= 0.3 is 0 Å². The fourth-order valence-electron chi connectivity index (χ4n) is 3.46. The van der Waals surface area contributed by atoms with Gasteiger partial charge in [0.2, 0.25) is 0 Å². The van der Waals surface area contributed by atoms with Gasteiger partial charge in [0.1, 0.15) is 19.0 Å². The molecule has 25 heavy (non-hydrogen) atoms. The van der Waals surface area contributed by atoms with Gasteiger partial charge in [-0.1, -0.05) is 18.2 Å². The minimum absolute atomic E-state index is 0.199. The van der Waals surface area contributed by atoms with Crippen molar-refractivity contribution in [2.45, 2.75) is 18.6 Å². The fraction of sp³-hybridized carbons (Fsp3) is 0.316. The number of aliphatic hydroxyl groups is 1. The number of β-amino-alcohol motifs (C(OH)–C–C–N with tert-alkyl or cyclic N) is 1. The molecule has 2 aliphatic rings. The average Bonchev–Trinajstić information content (AvgIpc) is 3.02. The first-order chi connectivity index (χ1) is 12.1. The van der Waals surface area contributed by atoms with E-state index in [4.69, 9.17) is 9.47 Å². The summed E-state index contributed by atoms with van der Waals surface area (Å²) in [6.45, 7) is 1.02. The number of hydrogen-bond donors (Lipinski definition) is 1. The number of ether oxygens (including phenoxy) is 2.